The molecule has 1 aliphatic rings. The van der Waals surface area contributed by atoms with Gasteiger partial charge in [-0.25, -0.2) is 4.79 Å². The fraction of sp³-hybridized carbons (Fsp3) is 0.500. The molecule has 1 aromatic heterocycles. The van der Waals surface area contributed by atoms with Gasteiger partial charge in [0.15, 0.2) is 0 Å². The Morgan fingerprint density at radius 2 is 2.43 bits per heavy atom. The van der Waals surface area contributed by atoms with Crippen LogP contribution in [-0.2, 0) is 17.7 Å². The first-order valence-corrected chi connectivity index (χ1v) is 5.41. The van der Waals surface area contributed by atoms with Crippen molar-refractivity contribution in [3.05, 3.63) is 21.4 Å². The van der Waals surface area contributed by atoms with Crippen molar-refractivity contribution in [2.24, 2.45) is 0 Å². The van der Waals surface area contributed by atoms with E-state index in [9.17, 15) is 4.79 Å². The summed E-state index contributed by atoms with van der Waals surface area (Å²) in [5, 5.41) is 0. The lowest BCUT2D eigenvalue weighted by molar-refractivity contribution is 0.0606. The zero-order valence-electron chi connectivity index (χ0n) is 8.37. The summed E-state index contributed by atoms with van der Waals surface area (Å²) in [7, 11) is 3.52. The maximum absolute atomic E-state index is 11.3. The van der Waals surface area contributed by atoms with E-state index < -0.39 is 0 Å². The number of likely N-dealkylation sites (N-methyl/N-ethyl adjacent to an activating group) is 1. The van der Waals surface area contributed by atoms with Gasteiger partial charge in [0.05, 0.1) is 7.11 Å². The van der Waals surface area contributed by atoms with Gasteiger partial charge in [0.2, 0.25) is 0 Å². The van der Waals surface area contributed by atoms with E-state index in [0.29, 0.717) is 0 Å². The lowest BCUT2D eigenvalue weighted by Crippen LogP contribution is -2.25. The summed E-state index contributed by atoms with van der Waals surface area (Å²) in [6.45, 7) is 2.02. The third kappa shape index (κ3) is 1.67. The number of esters is 1. The number of hydrogen-bond acceptors (Lipinski definition) is 4. The molecule has 2 rings (SSSR count). The van der Waals surface area contributed by atoms with Crippen LogP contribution in [0.4, 0.5) is 0 Å². The number of ether oxygens (including phenoxy) is 1. The number of fused-ring (bicyclic) bond motifs is 1. The van der Waals surface area contributed by atoms with E-state index >= 15 is 0 Å². The van der Waals surface area contributed by atoms with Crippen LogP contribution in [-0.4, -0.2) is 31.6 Å². The van der Waals surface area contributed by atoms with Crippen molar-refractivity contribution in [3.8, 4) is 0 Å². The molecule has 0 amide bonds. The van der Waals surface area contributed by atoms with Crippen molar-refractivity contribution in [2.45, 2.75) is 13.0 Å². The van der Waals surface area contributed by atoms with Crippen LogP contribution in [0.15, 0.2) is 6.07 Å². The first kappa shape index (κ1) is 9.68. The van der Waals surface area contributed by atoms with Gasteiger partial charge in [-0.3, -0.25) is 0 Å². The Morgan fingerprint density at radius 3 is 3.14 bits per heavy atom. The Hall–Kier alpha value is -0.870. The highest BCUT2D eigenvalue weighted by atomic mass is 32.1. The second-order valence-electron chi connectivity index (χ2n) is 3.54. The molecule has 1 aromatic rings. The Balaban J connectivity index is 2.27. The predicted molar refractivity (Wildman–Crippen MR) is 55.7 cm³/mol. The van der Waals surface area contributed by atoms with Gasteiger partial charge >= 0.3 is 5.97 Å². The average molecular weight is 211 g/mol. The highest BCUT2D eigenvalue weighted by molar-refractivity contribution is 7.14. The molecule has 0 bridgehead atoms. The first-order valence-electron chi connectivity index (χ1n) is 4.59. The minimum absolute atomic E-state index is 0.216. The third-order valence-electron chi connectivity index (χ3n) is 2.44. The van der Waals surface area contributed by atoms with Crippen molar-refractivity contribution in [1.29, 1.82) is 0 Å². The molecule has 14 heavy (non-hydrogen) atoms. The van der Waals surface area contributed by atoms with Gasteiger partial charge in [-0.15, -0.1) is 11.3 Å². The molecule has 4 heteroatoms. The van der Waals surface area contributed by atoms with Gasteiger partial charge in [0.25, 0.3) is 0 Å². The Morgan fingerprint density at radius 1 is 1.64 bits per heavy atom. The van der Waals surface area contributed by atoms with Gasteiger partial charge in [0.1, 0.15) is 4.88 Å². The Kier molecular flexibility index (Phi) is 2.56. The quantitative estimate of drug-likeness (QED) is 0.660. The summed E-state index contributed by atoms with van der Waals surface area (Å²) < 4.78 is 4.70. The van der Waals surface area contributed by atoms with Gasteiger partial charge in [-0.2, -0.15) is 0 Å². The molecule has 0 saturated carbocycles. The molecule has 2 heterocycles. The molecule has 0 aromatic carbocycles. The largest absolute Gasteiger partial charge is 0.465 e. The van der Waals surface area contributed by atoms with E-state index in [1.54, 1.807) is 11.3 Å². The van der Waals surface area contributed by atoms with E-state index in [4.69, 9.17) is 4.74 Å². The van der Waals surface area contributed by atoms with Crippen LogP contribution >= 0.6 is 11.3 Å². The molecule has 0 aliphatic carbocycles. The van der Waals surface area contributed by atoms with Crippen LogP contribution < -0.4 is 0 Å². The van der Waals surface area contributed by atoms with Crippen LogP contribution in [0.2, 0.25) is 0 Å². The number of rotatable bonds is 1. The van der Waals surface area contributed by atoms with Gasteiger partial charge in [-0.05, 0) is 25.1 Å². The Bertz CT molecular complexity index is 359. The molecular weight excluding hydrogens is 198 g/mol. The monoisotopic (exact) mass is 211 g/mol. The van der Waals surface area contributed by atoms with Crippen molar-refractivity contribution >= 4 is 17.3 Å². The SMILES string of the molecule is COC(=O)c1cc2c(s1)CCN(C)C2. The minimum Gasteiger partial charge on any atom is -0.465 e. The number of methoxy groups -OCH3 is 1. The molecule has 0 fully saturated rings. The number of hydrogen-bond donors (Lipinski definition) is 0. The summed E-state index contributed by atoms with van der Waals surface area (Å²) in [6.07, 6.45) is 1.05. The number of nitrogens with zero attached hydrogens (tertiary/aromatic N) is 1. The number of carbonyl (C=O) groups excluding carboxylic acids is 1. The molecular formula is C10H13NO2S. The summed E-state index contributed by atoms with van der Waals surface area (Å²) in [4.78, 5) is 15.6. The van der Waals surface area contributed by atoms with Crippen molar-refractivity contribution in [1.82, 2.24) is 4.90 Å². The zero-order chi connectivity index (χ0) is 10.1. The third-order valence-corrected chi connectivity index (χ3v) is 3.66. The van der Waals surface area contributed by atoms with Crippen LogP contribution in [0, 0.1) is 0 Å². The fourth-order valence-corrected chi connectivity index (χ4v) is 2.76. The fourth-order valence-electron chi connectivity index (χ4n) is 1.68. The normalized spacial score (nSPS) is 16.4. The smallest absolute Gasteiger partial charge is 0.348 e. The summed E-state index contributed by atoms with van der Waals surface area (Å²) in [5.41, 5.74) is 1.28. The van der Waals surface area contributed by atoms with E-state index in [1.807, 2.05) is 6.07 Å². The molecule has 3 nitrogen and oxygen atoms in total. The Labute approximate surface area is 87.3 Å². The molecule has 0 saturated heterocycles. The summed E-state index contributed by atoms with van der Waals surface area (Å²) >= 11 is 1.57. The topological polar surface area (TPSA) is 29.5 Å². The first-order chi connectivity index (χ1) is 6.70. The van der Waals surface area contributed by atoms with E-state index in [2.05, 4.69) is 11.9 Å². The molecule has 0 N–H and O–H groups in total. The van der Waals surface area contributed by atoms with Crippen LogP contribution in [0.25, 0.3) is 0 Å². The minimum atomic E-state index is -0.216. The lowest BCUT2D eigenvalue weighted by atomic mass is 10.1. The predicted octanol–water partition coefficient (Wildman–Crippen LogP) is 1.52. The second kappa shape index (κ2) is 3.71. The molecule has 0 radical (unpaired) electrons. The zero-order valence-corrected chi connectivity index (χ0v) is 9.19. The lowest BCUT2D eigenvalue weighted by Gasteiger charge is -2.21. The van der Waals surface area contributed by atoms with Crippen molar-refractivity contribution in [3.63, 3.8) is 0 Å². The molecule has 1 aliphatic heterocycles. The summed E-state index contributed by atoms with van der Waals surface area (Å²) in [6, 6.07) is 1.96. The summed E-state index contributed by atoms with van der Waals surface area (Å²) in [5.74, 6) is -0.216. The molecule has 0 unspecified atom stereocenters. The number of thiophene rings is 1. The van der Waals surface area contributed by atoms with Crippen LogP contribution in [0.1, 0.15) is 20.1 Å². The standard InChI is InChI=1S/C10H13NO2S/c1-11-4-3-8-7(6-11)5-9(14-8)10(12)13-2/h5H,3-4,6H2,1-2H3. The van der Waals surface area contributed by atoms with Crippen LogP contribution in [0.3, 0.4) is 0 Å². The van der Waals surface area contributed by atoms with Gasteiger partial charge < -0.3 is 9.64 Å². The number of carbonyl (C=O) groups is 1. The highest BCUT2D eigenvalue weighted by Crippen LogP contribution is 2.27. The van der Waals surface area contributed by atoms with Crippen molar-refractivity contribution < 1.29 is 9.53 Å². The molecule has 0 atom stereocenters. The average Bonchev–Trinajstić information content (AvgIpc) is 2.59. The van der Waals surface area contributed by atoms with Crippen molar-refractivity contribution in [2.75, 3.05) is 20.7 Å². The van der Waals surface area contributed by atoms with Gasteiger partial charge in [0, 0.05) is 18.0 Å². The maximum Gasteiger partial charge on any atom is 0.348 e. The van der Waals surface area contributed by atoms with E-state index in [1.165, 1.54) is 17.6 Å². The second-order valence-corrected chi connectivity index (χ2v) is 4.68. The van der Waals surface area contributed by atoms with E-state index in [-0.39, 0.29) is 5.97 Å². The molecule has 76 valence electrons. The highest BCUT2D eigenvalue weighted by Gasteiger charge is 2.19. The molecule has 0 spiro atoms. The van der Waals surface area contributed by atoms with Crippen LogP contribution in [0.5, 0.6) is 0 Å². The van der Waals surface area contributed by atoms with Gasteiger partial charge in [-0.1, -0.05) is 0 Å². The van der Waals surface area contributed by atoms with E-state index in [0.717, 1.165) is 24.4 Å². The maximum atomic E-state index is 11.3.